The summed E-state index contributed by atoms with van der Waals surface area (Å²) in [5.41, 5.74) is 2.73. The number of nitrogens with zero attached hydrogens (tertiary/aromatic N) is 12. The summed E-state index contributed by atoms with van der Waals surface area (Å²) < 4.78 is 19.6. The van der Waals surface area contributed by atoms with Gasteiger partial charge in [-0.3, -0.25) is 52.1 Å². The molecule has 10 rings (SSSR count). The highest BCUT2D eigenvalue weighted by atomic mass is 127. The minimum absolute atomic E-state index is 0.0297. The molecule has 0 radical (unpaired) electrons. The second kappa shape index (κ2) is 48.0. The van der Waals surface area contributed by atoms with Crippen molar-refractivity contribution in [3.63, 3.8) is 0 Å². The van der Waals surface area contributed by atoms with E-state index in [4.69, 9.17) is 50.6 Å². The largest absolute Gasteiger partial charge is 0.481 e. The van der Waals surface area contributed by atoms with Gasteiger partial charge in [0.15, 0.2) is 0 Å². The number of aliphatic carboxylic acids is 1. The zero-order valence-corrected chi connectivity index (χ0v) is 69.2. The maximum atomic E-state index is 12.5. The smallest absolute Gasteiger partial charge is 0.341 e. The molecule has 0 atom stereocenters. The Kier molecular flexibility index (Phi) is 39.4. The molecule has 9 N–H and O–H groups in total. The Morgan fingerprint density at radius 1 is 0.445 bits per heavy atom. The van der Waals surface area contributed by atoms with Gasteiger partial charge in [-0.05, 0) is 151 Å². The summed E-state index contributed by atoms with van der Waals surface area (Å²) in [5.74, 6) is 0.0642. The first-order valence-corrected chi connectivity index (χ1v) is 37.1. The third-order valence-corrected chi connectivity index (χ3v) is 17.5. The molecule has 0 spiro atoms. The number of aromatic carboxylic acids is 5. The number of terminal acetylenes is 1. The highest BCUT2D eigenvalue weighted by Gasteiger charge is 2.22. The van der Waals surface area contributed by atoms with Gasteiger partial charge in [0.05, 0.1) is 65.8 Å². The van der Waals surface area contributed by atoms with E-state index in [1.165, 1.54) is 43.1 Å². The van der Waals surface area contributed by atoms with Gasteiger partial charge in [0.1, 0.15) is 41.0 Å². The summed E-state index contributed by atoms with van der Waals surface area (Å²) in [6.45, 7) is 4.31. The van der Waals surface area contributed by atoms with Crippen molar-refractivity contribution in [2.24, 2.45) is 0 Å². The quantitative estimate of drug-likeness (QED) is 0.0131. The van der Waals surface area contributed by atoms with Crippen LogP contribution in [0.3, 0.4) is 0 Å². The van der Waals surface area contributed by atoms with Crippen LogP contribution in [0.1, 0.15) is 106 Å². The number of nitriles is 2. The van der Waals surface area contributed by atoms with Crippen molar-refractivity contribution in [2.45, 2.75) is 51.4 Å². The van der Waals surface area contributed by atoms with Crippen molar-refractivity contribution in [2.75, 3.05) is 142 Å². The Labute approximate surface area is 696 Å². The average Bonchev–Trinajstić information content (AvgIpc) is 0.808. The van der Waals surface area contributed by atoms with Crippen LogP contribution in [0.5, 0.6) is 0 Å². The van der Waals surface area contributed by atoms with Crippen molar-refractivity contribution in [1.82, 2.24) is 23.4 Å². The Bertz CT molecular complexity index is 5870. The summed E-state index contributed by atoms with van der Waals surface area (Å²) in [7, 11) is 17.7. The number of hydrogen-bond acceptors (Lipinski definition) is 23. The third kappa shape index (κ3) is 27.8. The van der Waals surface area contributed by atoms with Crippen LogP contribution in [-0.4, -0.2) is 222 Å². The molecule has 34 nitrogen and oxygen atoms in total. The molecule has 0 saturated carbocycles. The minimum atomic E-state index is -1.27. The van der Waals surface area contributed by atoms with Crippen LogP contribution in [0.4, 0.5) is 0 Å². The second-order valence-electron chi connectivity index (χ2n) is 26.3. The standard InChI is InChI=1S/C18H21N3O4.C18H22N2O6.C15H18N2O4.C15H14N2O4.C12H11IN2O3.C3H3N.C3H4O/c1-20(2)21-12-15(18(23)24)17(22)14-11-13(6-7-16(14)21)5-3-9-25-10-4-8-19;1-19(2)20-11-14(18(24)25)17(23)13-10-12(5-6-15(13)20)4-3-8-26-9-7-16(21)22;2*1-16(2)17-9-12(15(20)21)14(19)11-8-10(4-3-7-18)5-6-13(11)17;1-14(2)15-6-9(12(17)18)11(16)8-5-7(13)3-4-10(8)15;2*1-2-3-4/h6-7,11-12H,3-5,9-10H2,1-2H3,(H,23,24);5-6,10-11H,3-4,7-9H2,1-2H3,(H,21,22)(H,24,25);5-6,8-9,18H,3-4,7H2,1-2H3,(H,20,21);5-6,8-9,18H,7H2,1-2H3,(H,20,21);3-6H,1-2H3,(H,17,18);2H,1H2;1,4H,3H2. The van der Waals surface area contributed by atoms with Crippen LogP contribution < -0.4 is 52.2 Å². The number of allylic oxidation sites excluding steroid dienone is 1. The van der Waals surface area contributed by atoms with Crippen molar-refractivity contribution in [1.29, 1.82) is 10.5 Å². The number of aromatic nitrogens is 5. The number of aryl methyl sites for hydroxylation is 3. The van der Waals surface area contributed by atoms with E-state index >= 15 is 0 Å². The summed E-state index contributed by atoms with van der Waals surface area (Å²) in [6, 6.07) is 30.3. The number of carbonyl (C=O) groups is 6. The van der Waals surface area contributed by atoms with Gasteiger partial charge in [0, 0.05) is 163 Å². The zero-order valence-electron chi connectivity index (χ0n) is 67.1. The number of aliphatic hydroxyl groups is 3. The SMILES string of the molecule is C#CCO.C=CC#N.CN(C)n1cc(C(=O)O)c(=O)c2cc(C#CCO)ccc21.CN(C)n1cc(C(=O)O)c(=O)c2cc(CCCO)ccc21.CN(C)n1cc(C(=O)O)c(=O)c2cc(CCCOCCC#N)ccc21.CN(C)n1cc(C(=O)O)c(=O)c2cc(CCCOCCC(=O)O)ccc21.CN(C)n1cc(C(=O)O)c(=O)c2cc(I)ccc21. The third-order valence-electron chi connectivity index (χ3n) is 16.8. The molecule has 0 aliphatic carbocycles. The first-order chi connectivity index (χ1) is 56.4. The number of ether oxygens (including phenoxy) is 2. The number of fused-ring (bicyclic) bond motifs is 5. The Balaban J connectivity index is 0.000000307. The number of carboxylic acids is 6. The molecule has 5 heterocycles. The molecule has 0 aliphatic rings. The number of benzene rings is 5. The maximum Gasteiger partial charge on any atom is 0.341 e. The fourth-order valence-electron chi connectivity index (χ4n) is 11.3. The van der Waals surface area contributed by atoms with E-state index < -0.39 is 63.0 Å². The molecule has 0 aliphatic heterocycles. The van der Waals surface area contributed by atoms with Crippen LogP contribution >= 0.6 is 22.6 Å². The van der Waals surface area contributed by atoms with Gasteiger partial charge >= 0.3 is 35.8 Å². The molecule has 119 heavy (non-hydrogen) atoms. The van der Waals surface area contributed by atoms with E-state index in [9.17, 15) is 68.1 Å². The number of aliphatic hydroxyl groups excluding tert-OH is 3. The lowest BCUT2D eigenvalue weighted by atomic mass is 10.0. The van der Waals surface area contributed by atoms with Crippen molar-refractivity contribution < 1.29 is 84.2 Å². The van der Waals surface area contributed by atoms with E-state index in [0.717, 1.165) is 26.7 Å². The lowest BCUT2D eigenvalue weighted by Crippen LogP contribution is -2.29. The second-order valence-corrected chi connectivity index (χ2v) is 27.5. The molecule has 0 bridgehead atoms. The number of pyridine rings is 5. The van der Waals surface area contributed by atoms with Gasteiger partial charge < -0.3 is 80.5 Å². The van der Waals surface area contributed by atoms with E-state index in [1.807, 2.05) is 48.4 Å². The lowest BCUT2D eigenvalue weighted by Gasteiger charge is -2.20. The first kappa shape index (κ1) is 97.7. The molecule has 0 fully saturated rings. The maximum absolute atomic E-state index is 12.5. The van der Waals surface area contributed by atoms with Gasteiger partial charge in [-0.1, -0.05) is 42.5 Å². The topological polar surface area (TPSA) is 477 Å². The molecule has 10 aromatic rings. The van der Waals surface area contributed by atoms with E-state index in [2.05, 4.69) is 47.4 Å². The molecule has 628 valence electrons. The molecule has 0 amide bonds. The highest BCUT2D eigenvalue weighted by Crippen LogP contribution is 2.22. The predicted molar refractivity (Wildman–Crippen MR) is 461 cm³/mol. The molecule has 0 unspecified atom stereocenters. The van der Waals surface area contributed by atoms with E-state index in [1.54, 1.807) is 174 Å². The predicted octanol–water partition coefficient (Wildman–Crippen LogP) is 5.95. The Hall–Kier alpha value is -13.7. The summed E-state index contributed by atoms with van der Waals surface area (Å²) in [5, 5.41) is 106. The zero-order chi connectivity index (χ0) is 89.1. The number of hydrogen-bond donors (Lipinski definition) is 9. The van der Waals surface area contributed by atoms with Crippen molar-refractivity contribution >= 4 is 113 Å². The van der Waals surface area contributed by atoms with Crippen LogP contribution in [-0.2, 0) is 33.5 Å². The number of carboxylic acid groups (broad SMARTS) is 6. The number of halogens is 1. The van der Waals surface area contributed by atoms with E-state index in [-0.39, 0.29) is 66.1 Å². The molecular weight excluding hydrogens is 1660 g/mol. The molecule has 0 saturated heterocycles. The van der Waals surface area contributed by atoms with Crippen molar-refractivity contribution in [3.8, 4) is 36.3 Å². The van der Waals surface area contributed by atoms with Gasteiger partial charge in [-0.15, -0.1) is 6.42 Å². The van der Waals surface area contributed by atoms with Gasteiger partial charge in [0.25, 0.3) is 0 Å². The van der Waals surface area contributed by atoms with Crippen LogP contribution in [0.2, 0.25) is 0 Å². The normalized spacial score (nSPS) is 10.2. The summed E-state index contributed by atoms with van der Waals surface area (Å²) in [4.78, 5) is 128. The number of rotatable bonds is 26. The molecule has 35 heteroatoms. The van der Waals surface area contributed by atoms with E-state index in [0.29, 0.717) is 113 Å². The summed E-state index contributed by atoms with van der Waals surface area (Å²) >= 11 is 2.09. The molecule has 5 aromatic heterocycles. The van der Waals surface area contributed by atoms with Gasteiger partial charge in [0.2, 0.25) is 27.1 Å². The van der Waals surface area contributed by atoms with Gasteiger partial charge in [-0.2, -0.15) is 10.5 Å². The summed E-state index contributed by atoms with van der Waals surface area (Å²) in [6.07, 6.45) is 16.7. The molecule has 5 aromatic carbocycles. The minimum Gasteiger partial charge on any atom is -0.481 e. The first-order valence-electron chi connectivity index (χ1n) is 36.1. The van der Waals surface area contributed by atoms with Crippen LogP contribution in [0, 0.1) is 50.4 Å². The average molecular weight is 1750 g/mol. The monoisotopic (exact) mass is 1750 g/mol. The fraction of sp³-hybridized carbons (Fsp3) is 0.298. The fourth-order valence-corrected chi connectivity index (χ4v) is 11.8. The lowest BCUT2D eigenvalue weighted by molar-refractivity contribution is -0.138. The highest BCUT2D eigenvalue weighted by molar-refractivity contribution is 14.1. The van der Waals surface area contributed by atoms with Crippen molar-refractivity contribution in [3.05, 3.63) is 239 Å². The Morgan fingerprint density at radius 3 is 1.02 bits per heavy atom. The van der Waals surface area contributed by atoms with Gasteiger partial charge in [-0.25, -0.2) is 24.0 Å². The Morgan fingerprint density at radius 2 is 0.739 bits per heavy atom. The molecular formula is C84H93IN12O22. The van der Waals surface area contributed by atoms with Crippen LogP contribution in [0.25, 0.3) is 54.5 Å². The van der Waals surface area contributed by atoms with Crippen LogP contribution in [0.15, 0.2) is 159 Å².